The molecule has 7 heteroatoms. The van der Waals surface area contributed by atoms with Gasteiger partial charge in [-0.05, 0) is 37.6 Å². The molecule has 0 fully saturated rings. The number of hydrogen-bond acceptors (Lipinski definition) is 4. The van der Waals surface area contributed by atoms with Crippen LogP contribution in [0.5, 0.6) is 0 Å². The Labute approximate surface area is 131 Å². The summed E-state index contributed by atoms with van der Waals surface area (Å²) in [5.41, 5.74) is 0.850. The summed E-state index contributed by atoms with van der Waals surface area (Å²) in [7, 11) is -3.59. The Kier molecular flexibility index (Phi) is 6.55. The zero-order chi connectivity index (χ0) is 16.8. The molecule has 0 spiro atoms. The molecule has 0 radical (unpaired) electrons. The van der Waals surface area contributed by atoms with E-state index in [1.807, 2.05) is 6.92 Å². The predicted octanol–water partition coefficient (Wildman–Crippen LogP) is 1.57. The number of benzene rings is 1. The van der Waals surface area contributed by atoms with E-state index in [0.29, 0.717) is 17.8 Å². The minimum Gasteiger partial charge on any atom is -0.355 e. The SMILES string of the molecule is CCCCNC(=O)CN(c1ccc(C(C)=O)cc1)S(C)(=O)=O. The lowest BCUT2D eigenvalue weighted by atomic mass is 10.1. The minimum atomic E-state index is -3.59. The number of Topliss-reactive ketones (excluding diaryl/α,β-unsaturated/α-hetero) is 1. The Balaban J connectivity index is 2.90. The van der Waals surface area contributed by atoms with Crippen LogP contribution in [0.15, 0.2) is 24.3 Å². The van der Waals surface area contributed by atoms with Gasteiger partial charge in [-0.15, -0.1) is 0 Å². The van der Waals surface area contributed by atoms with Crippen molar-refractivity contribution in [2.75, 3.05) is 23.7 Å². The molecule has 0 aliphatic rings. The molecule has 1 amide bonds. The molecule has 0 aliphatic heterocycles. The zero-order valence-corrected chi connectivity index (χ0v) is 13.9. The van der Waals surface area contributed by atoms with E-state index in [2.05, 4.69) is 5.32 Å². The normalized spacial score (nSPS) is 11.0. The number of nitrogens with zero attached hydrogens (tertiary/aromatic N) is 1. The summed E-state index contributed by atoms with van der Waals surface area (Å²) >= 11 is 0. The van der Waals surface area contributed by atoms with E-state index in [-0.39, 0.29) is 18.2 Å². The molecule has 0 bridgehead atoms. The highest BCUT2D eigenvalue weighted by Crippen LogP contribution is 2.18. The highest BCUT2D eigenvalue weighted by atomic mass is 32.2. The van der Waals surface area contributed by atoms with Gasteiger partial charge in [-0.2, -0.15) is 0 Å². The third-order valence-electron chi connectivity index (χ3n) is 3.10. The highest BCUT2D eigenvalue weighted by Gasteiger charge is 2.20. The van der Waals surface area contributed by atoms with Gasteiger partial charge in [0.1, 0.15) is 6.54 Å². The third-order valence-corrected chi connectivity index (χ3v) is 4.24. The zero-order valence-electron chi connectivity index (χ0n) is 13.1. The molecule has 1 N–H and O–H groups in total. The molecular weight excluding hydrogens is 304 g/mol. The molecule has 1 aromatic carbocycles. The monoisotopic (exact) mass is 326 g/mol. The van der Waals surface area contributed by atoms with Crippen LogP contribution < -0.4 is 9.62 Å². The van der Waals surface area contributed by atoms with E-state index < -0.39 is 10.0 Å². The van der Waals surface area contributed by atoms with Gasteiger partial charge in [-0.1, -0.05) is 13.3 Å². The number of carbonyl (C=O) groups is 2. The van der Waals surface area contributed by atoms with Crippen LogP contribution in [0, 0.1) is 0 Å². The molecule has 0 heterocycles. The quantitative estimate of drug-likeness (QED) is 0.580. The maximum atomic E-state index is 11.9. The average Bonchev–Trinajstić information content (AvgIpc) is 2.44. The van der Waals surface area contributed by atoms with E-state index in [1.54, 1.807) is 12.1 Å². The van der Waals surface area contributed by atoms with Gasteiger partial charge in [-0.3, -0.25) is 13.9 Å². The molecule has 122 valence electrons. The highest BCUT2D eigenvalue weighted by molar-refractivity contribution is 7.92. The molecule has 0 aromatic heterocycles. The summed E-state index contributed by atoms with van der Waals surface area (Å²) in [6.07, 6.45) is 2.84. The molecule has 0 atom stereocenters. The average molecular weight is 326 g/mol. The maximum Gasteiger partial charge on any atom is 0.240 e. The predicted molar refractivity (Wildman–Crippen MR) is 86.6 cm³/mol. The second-order valence-corrected chi connectivity index (χ2v) is 6.98. The molecule has 1 aromatic rings. The van der Waals surface area contributed by atoms with Crippen LogP contribution in [0.25, 0.3) is 0 Å². The van der Waals surface area contributed by atoms with Crippen molar-refractivity contribution in [3.63, 3.8) is 0 Å². The van der Waals surface area contributed by atoms with Crippen molar-refractivity contribution in [2.45, 2.75) is 26.7 Å². The van der Waals surface area contributed by atoms with E-state index >= 15 is 0 Å². The smallest absolute Gasteiger partial charge is 0.240 e. The molecule has 0 aliphatic carbocycles. The van der Waals surface area contributed by atoms with Crippen molar-refractivity contribution < 1.29 is 18.0 Å². The van der Waals surface area contributed by atoms with Crippen LogP contribution >= 0.6 is 0 Å². The number of ketones is 1. The number of hydrogen-bond donors (Lipinski definition) is 1. The van der Waals surface area contributed by atoms with E-state index in [4.69, 9.17) is 0 Å². The van der Waals surface area contributed by atoms with Crippen molar-refractivity contribution >= 4 is 27.4 Å². The fourth-order valence-electron chi connectivity index (χ4n) is 1.85. The van der Waals surface area contributed by atoms with Gasteiger partial charge in [-0.25, -0.2) is 8.42 Å². The summed E-state index contributed by atoms with van der Waals surface area (Å²) in [6, 6.07) is 6.14. The second-order valence-electron chi connectivity index (χ2n) is 5.08. The van der Waals surface area contributed by atoms with Crippen LogP contribution in [-0.4, -0.2) is 39.5 Å². The first-order chi connectivity index (χ1) is 10.3. The second kappa shape index (κ2) is 7.93. The fraction of sp³-hybridized carbons (Fsp3) is 0.467. The van der Waals surface area contributed by atoms with Crippen LogP contribution in [0.3, 0.4) is 0 Å². The first-order valence-corrected chi connectivity index (χ1v) is 8.96. The molecule has 22 heavy (non-hydrogen) atoms. The van der Waals surface area contributed by atoms with Crippen molar-refractivity contribution in [3.05, 3.63) is 29.8 Å². The van der Waals surface area contributed by atoms with E-state index in [9.17, 15) is 18.0 Å². The van der Waals surface area contributed by atoms with Crippen LogP contribution in [0.2, 0.25) is 0 Å². The first-order valence-electron chi connectivity index (χ1n) is 7.11. The fourth-order valence-corrected chi connectivity index (χ4v) is 2.71. The Morgan fingerprint density at radius 2 is 1.77 bits per heavy atom. The lowest BCUT2D eigenvalue weighted by molar-refractivity contribution is -0.119. The van der Waals surface area contributed by atoms with Crippen LogP contribution in [0.4, 0.5) is 5.69 Å². The number of anilines is 1. The molecule has 0 unspecified atom stereocenters. The van der Waals surface area contributed by atoms with Gasteiger partial charge in [0, 0.05) is 12.1 Å². The van der Waals surface area contributed by atoms with E-state index in [0.717, 1.165) is 23.4 Å². The standard InChI is InChI=1S/C15H22N2O4S/c1-4-5-10-16-15(19)11-17(22(3,20)21)14-8-6-13(7-9-14)12(2)18/h6-9H,4-5,10-11H2,1-3H3,(H,16,19). The number of amides is 1. The number of unbranched alkanes of at least 4 members (excludes halogenated alkanes) is 1. The number of carbonyl (C=O) groups excluding carboxylic acids is 2. The van der Waals surface area contributed by atoms with Crippen molar-refractivity contribution in [1.29, 1.82) is 0 Å². The molecule has 6 nitrogen and oxygen atoms in total. The Morgan fingerprint density at radius 1 is 1.18 bits per heavy atom. The summed E-state index contributed by atoms with van der Waals surface area (Å²) in [6.45, 7) is 3.69. The summed E-state index contributed by atoms with van der Waals surface area (Å²) in [4.78, 5) is 23.1. The Hall–Kier alpha value is -1.89. The van der Waals surface area contributed by atoms with E-state index in [1.165, 1.54) is 19.1 Å². The van der Waals surface area contributed by atoms with Crippen LogP contribution in [-0.2, 0) is 14.8 Å². The van der Waals surface area contributed by atoms with Crippen molar-refractivity contribution in [3.8, 4) is 0 Å². The lowest BCUT2D eigenvalue weighted by Crippen LogP contribution is -2.40. The number of sulfonamides is 1. The van der Waals surface area contributed by atoms with Crippen LogP contribution in [0.1, 0.15) is 37.0 Å². The lowest BCUT2D eigenvalue weighted by Gasteiger charge is -2.22. The molecular formula is C15H22N2O4S. The Bertz CT molecular complexity index is 623. The van der Waals surface area contributed by atoms with Gasteiger partial charge in [0.15, 0.2) is 5.78 Å². The Morgan fingerprint density at radius 3 is 2.23 bits per heavy atom. The summed E-state index contributed by atoms with van der Waals surface area (Å²) in [5, 5.41) is 2.69. The summed E-state index contributed by atoms with van der Waals surface area (Å²) in [5.74, 6) is -0.454. The largest absolute Gasteiger partial charge is 0.355 e. The maximum absolute atomic E-state index is 11.9. The number of rotatable bonds is 8. The van der Waals surface area contributed by atoms with Gasteiger partial charge in [0.2, 0.25) is 15.9 Å². The minimum absolute atomic E-state index is 0.102. The molecule has 0 saturated heterocycles. The van der Waals surface area contributed by atoms with Crippen molar-refractivity contribution in [1.82, 2.24) is 5.32 Å². The summed E-state index contributed by atoms with van der Waals surface area (Å²) < 4.78 is 24.8. The molecule has 0 saturated carbocycles. The van der Waals surface area contributed by atoms with Gasteiger partial charge in [0.05, 0.1) is 11.9 Å². The first kappa shape index (κ1) is 18.2. The number of nitrogens with one attached hydrogen (secondary N) is 1. The third kappa shape index (κ3) is 5.48. The topological polar surface area (TPSA) is 83.6 Å². The van der Waals surface area contributed by atoms with Gasteiger partial charge >= 0.3 is 0 Å². The van der Waals surface area contributed by atoms with Gasteiger partial charge in [0.25, 0.3) is 0 Å². The van der Waals surface area contributed by atoms with Crippen molar-refractivity contribution in [2.24, 2.45) is 0 Å². The van der Waals surface area contributed by atoms with Gasteiger partial charge < -0.3 is 5.32 Å². The molecule has 1 rings (SSSR count).